The monoisotopic (exact) mass is 278 g/mol. The number of methoxy groups -OCH3 is 1. The normalized spacial score (nSPS) is 18.6. The molecule has 20 heavy (non-hydrogen) atoms. The molecule has 1 aromatic carbocycles. The first-order chi connectivity index (χ1) is 9.79. The quantitative estimate of drug-likeness (QED) is 0.777. The van der Waals surface area contributed by atoms with E-state index < -0.39 is 0 Å². The van der Waals surface area contributed by atoms with Gasteiger partial charge in [-0.2, -0.15) is 0 Å². The first-order valence-electron chi connectivity index (χ1n) is 7.03. The van der Waals surface area contributed by atoms with Crippen LogP contribution < -0.4 is 15.4 Å². The molecule has 5 heteroatoms. The first-order valence-corrected chi connectivity index (χ1v) is 7.03. The van der Waals surface area contributed by atoms with Gasteiger partial charge in [-0.15, -0.1) is 0 Å². The molecule has 2 rings (SSSR count). The molecular formula is C15H22N2O3. The summed E-state index contributed by atoms with van der Waals surface area (Å²) < 4.78 is 10.5. The highest BCUT2D eigenvalue weighted by Crippen LogP contribution is 2.19. The van der Waals surface area contributed by atoms with Crippen LogP contribution in [0.3, 0.4) is 0 Å². The zero-order chi connectivity index (χ0) is 14.2. The summed E-state index contributed by atoms with van der Waals surface area (Å²) in [6, 6.07) is 7.45. The summed E-state index contributed by atoms with van der Waals surface area (Å²) in [6.07, 6.45) is 2.00. The maximum atomic E-state index is 12.1. The Hall–Kier alpha value is -1.59. The van der Waals surface area contributed by atoms with E-state index in [0.29, 0.717) is 13.2 Å². The molecule has 0 aliphatic carbocycles. The molecule has 1 atom stereocenters. The van der Waals surface area contributed by atoms with E-state index in [4.69, 9.17) is 9.47 Å². The van der Waals surface area contributed by atoms with Crippen LogP contribution in [0.2, 0.25) is 0 Å². The lowest BCUT2D eigenvalue weighted by Crippen LogP contribution is -2.37. The summed E-state index contributed by atoms with van der Waals surface area (Å²) in [5.74, 6) is 0.870. The number of rotatable bonds is 6. The first kappa shape index (κ1) is 14.8. The Morgan fingerprint density at radius 1 is 1.45 bits per heavy atom. The van der Waals surface area contributed by atoms with Gasteiger partial charge in [-0.1, -0.05) is 6.07 Å². The number of hydrogen-bond donors (Lipinski definition) is 2. The molecule has 0 aromatic heterocycles. The molecule has 0 saturated carbocycles. The van der Waals surface area contributed by atoms with Crippen molar-refractivity contribution in [3.8, 4) is 5.75 Å². The number of carbonyl (C=O) groups excluding carboxylic acids is 1. The maximum absolute atomic E-state index is 12.1. The Balaban J connectivity index is 1.88. The summed E-state index contributed by atoms with van der Waals surface area (Å²) in [6.45, 7) is 2.81. The fraction of sp³-hybridized carbons (Fsp3) is 0.533. The van der Waals surface area contributed by atoms with Gasteiger partial charge in [0.2, 0.25) is 5.91 Å². The van der Waals surface area contributed by atoms with Crippen molar-refractivity contribution < 1.29 is 14.3 Å². The van der Waals surface area contributed by atoms with Gasteiger partial charge in [0.25, 0.3) is 0 Å². The Labute approximate surface area is 119 Å². The average Bonchev–Trinajstić information content (AvgIpc) is 2.49. The van der Waals surface area contributed by atoms with Gasteiger partial charge in [0.1, 0.15) is 12.4 Å². The molecule has 1 aliphatic rings. The number of nitrogens with one attached hydrogen (secondary N) is 2. The number of ether oxygens (including phenoxy) is 2. The molecular weight excluding hydrogens is 256 g/mol. The molecule has 0 radical (unpaired) electrons. The third-order valence-electron chi connectivity index (χ3n) is 3.33. The molecule has 0 spiro atoms. The van der Waals surface area contributed by atoms with Gasteiger partial charge in [-0.3, -0.25) is 4.79 Å². The zero-order valence-corrected chi connectivity index (χ0v) is 11.9. The van der Waals surface area contributed by atoms with Crippen LogP contribution in [0.5, 0.6) is 5.75 Å². The van der Waals surface area contributed by atoms with E-state index >= 15 is 0 Å². The number of benzene rings is 1. The minimum Gasteiger partial charge on any atom is -0.491 e. The van der Waals surface area contributed by atoms with Crippen molar-refractivity contribution in [1.29, 1.82) is 0 Å². The molecule has 0 unspecified atom stereocenters. The van der Waals surface area contributed by atoms with Gasteiger partial charge >= 0.3 is 0 Å². The second kappa shape index (κ2) is 7.87. The smallest absolute Gasteiger partial charge is 0.228 e. The third-order valence-corrected chi connectivity index (χ3v) is 3.33. The van der Waals surface area contributed by atoms with Gasteiger partial charge in [0.05, 0.1) is 12.5 Å². The van der Waals surface area contributed by atoms with Crippen molar-refractivity contribution >= 4 is 11.6 Å². The van der Waals surface area contributed by atoms with Crippen LogP contribution in [0.15, 0.2) is 24.3 Å². The van der Waals surface area contributed by atoms with Crippen molar-refractivity contribution in [3.63, 3.8) is 0 Å². The van der Waals surface area contributed by atoms with E-state index in [1.165, 1.54) is 0 Å². The van der Waals surface area contributed by atoms with Crippen LogP contribution in [0, 0.1) is 5.92 Å². The molecule has 1 amide bonds. The second-order valence-corrected chi connectivity index (χ2v) is 4.90. The largest absolute Gasteiger partial charge is 0.491 e. The van der Waals surface area contributed by atoms with Crippen LogP contribution in [-0.2, 0) is 9.53 Å². The zero-order valence-electron chi connectivity index (χ0n) is 11.9. The highest BCUT2D eigenvalue weighted by atomic mass is 16.5. The molecule has 2 N–H and O–H groups in total. The standard InChI is InChI=1S/C15H22N2O3/c1-19-8-9-20-14-6-2-5-13(10-14)17-15(18)12-4-3-7-16-11-12/h2,5-6,10,12,16H,3-4,7-9,11H2,1H3,(H,17,18)/t12-/m0/s1. The Bertz CT molecular complexity index is 431. The van der Waals surface area contributed by atoms with E-state index in [1.54, 1.807) is 7.11 Å². The highest BCUT2D eigenvalue weighted by molar-refractivity contribution is 5.92. The van der Waals surface area contributed by atoms with Gasteiger partial charge in [-0.05, 0) is 31.5 Å². The van der Waals surface area contributed by atoms with E-state index in [0.717, 1.165) is 37.4 Å². The summed E-state index contributed by atoms with van der Waals surface area (Å²) in [7, 11) is 1.64. The van der Waals surface area contributed by atoms with E-state index in [2.05, 4.69) is 10.6 Å². The Morgan fingerprint density at radius 3 is 3.10 bits per heavy atom. The van der Waals surface area contributed by atoms with Crippen LogP contribution in [0.1, 0.15) is 12.8 Å². The fourth-order valence-corrected chi connectivity index (χ4v) is 2.23. The lowest BCUT2D eigenvalue weighted by molar-refractivity contribution is -0.120. The lowest BCUT2D eigenvalue weighted by Gasteiger charge is -2.22. The number of carbonyl (C=O) groups is 1. The van der Waals surface area contributed by atoms with Crippen molar-refractivity contribution in [1.82, 2.24) is 5.32 Å². The predicted molar refractivity (Wildman–Crippen MR) is 78.0 cm³/mol. The van der Waals surface area contributed by atoms with Crippen molar-refractivity contribution in [2.45, 2.75) is 12.8 Å². The molecule has 1 saturated heterocycles. The predicted octanol–water partition coefficient (Wildman–Crippen LogP) is 1.65. The summed E-state index contributed by atoms with van der Waals surface area (Å²) in [5.41, 5.74) is 0.774. The van der Waals surface area contributed by atoms with E-state index in [1.807, 2.05) is 24.3 Å². The minimum absolute atomic E-state index is 0.0572. The topological polar surface area (TPSA) is 59.6 Å². The molecule has 0 bridgehead atoms. The molecule has 1 heterocycles. The Morgan fingerprint density at radius 2 is 2.35 bits per heavy atom. The number of piperidine rings is 1. The van der Waals surface area contributed by atoms with Crippen LogP contribution in [-0.4, -0.2) is 39.3 Å². The minimum atomic E-state index is 0.0572. The highest BCUT2D eigenvalue weighted by Gasteiger charge is 2.20. The Kier molecular flexibility index (Phi) is 5.83. The number of hydrogen-bond acceptors (Lipinski definition) is 4. The SMILES string of the molecule is COCCOc1cccc(NC(=O)[C@H]2CCCNC2)c1. The maximum Gasteiger partial charge on any atom is 0.228 e. The molecule has 110 valence electrons. The van der Waals surface area contributed by atoms with Crippen LogP contribution >= 0.6 is 0 Å². The van der Waals surface area contributed by atoms with Gasteiger partial charge < -0.3 is 20.1 Å². The molecule has 1 aliphatic heterocycles. The average molecular weight is 278 g/mol. The molecule has 5 nitrogen and oxygen atoms in total. The summed E-state index contributed by atoms with van der Waals surface area (Å²) in [5, 5.41) is 6.20. The van der Waals surface area contributed by atoms with E-state index in [-0.39, 0.29) is 11.8 Å². The van der Waals surface area contributed by atoms with Gasteiger partial charge in [0, 0.05) is 25.4 Å². The molecule has 1 fully saturated rings. The van der Waals surface area contributed by atoms with Crippen molar-refractivity contribution in [3.05, 3.63) is 24.3 Å². The van der Waals surface area contributed by atoms with Crippen molar-refractivity contribution in [2.24, 2.45) is 5.92 Å². The number of amides is 1. The fourth-order valence-electron chi connectivity index (χ4n) is 2.23. The summed E-state index contributed by atoms with van der Waals surface area (Å²) in [4.78, 5) is 12.1. The lowest BCUT2D eigenvalue weighted by atomic mass is 9.99. The second-order valence-electron chi connectivity index (χ2n) is 4.90. The number of anilines is 1. The molecule has 1 aromatic rings. The third kappa shape index (κ3) is 4.51. The van der Waals surface area contributed by atoms with Crippen LogP contribution in [0.4, 0.5) is 5.69 Å². The van der Waals surface area contributed by atoms with Gasteiger partial charge in [0.15, 0.2) is 0 Å². The van der Waals surface area contributed by atoms with Crippen molar-refractivity contribution in [2.75, 3.05) is 38.7 Å². The van der Waals surface area contributed by atoms with Crippen LogP contribution in [0.25, 0.3) is 0 Å². The van der Waals surface area contributed by atoms with Gasteiger partial charge in [-0.25, -0.2) is 0 Å². The summed E-state index contributed by atoms with van der Waals surface area (Å²) >= 11 is 0. The van der Waals surface area contributed by atoms with E-state index in [9.17, 15) is 4.79 Å².